The highest BCUT2D eigenvalue weighted by atomic mass is 16.5. The Balaban J connectivity index is 5.04. The largest absolute Gasteiger partial charge is 0.467 e. The highest BCUT2D eigenvalue weighted by molar-refractivity contribution is 5.90. The fourth-order valence-corrected chi connectivity index (χ4v) is 1.82. The Morgan fingerprint density at radius 1 is 1.14 bits per heavy atom. The van der Waals surface area contributed by atoms with Crippen LogP contribution in [-0.4, -0.2) is 37.0 Å². The first kappa shape index (κ1) is 18.9. The number of rotatable bonds is 7. The molecule has 0 aliphatic carbocycles. The molecule has 21 heavy (non-hydrogen) atoms. The van der Waals surface area contributed by atoms with E-state index in [1.54, 1.807) is 20.8 Å². The van der Waals surface area contributed by atoms with Crippen LogP contribution < -0.4 is 10.6 Å². The molecule has 3 atom stereocenters. The van der Waals surface area contributed by atoms with Crippen LogP contribution >= 0.6 is 0 Å². The molecule has 2 N–H and O–H groups in total. The van der Waals surface area contributed by atoms with Crippen molar-refractivity contribution in [3.63, 3.8) is 0 Å². The van der Waals surface area contributed by atoms with E-state index in [2.05, 4.69) is 15.4 Å². The summed E-state index contributed by atoms with van der Waals surface area (Å²) in [4.78, 5) is 35.1. The third-order valence-corrected chi connectivity index (χ3v) is 3.04. The highest BCUT2D eigenvalue weighted by Crippen LogP contribution is 2.11. The number of carbonyl (C=O) groups excluding carboxylic acids is 3. The number of nitrogens with one attached hydrogen (secondary N) is 2. The maximum atomic E-state index is 12.2. The van der Waals surface area contributed by atoms with Crippen LogP contribution in [0.3, 0.4) is 0 Å². The smallest absolute Gasteiger partial charge is 0.328 e. The van der Waals surface area contributed by atoms with Gasteiger partial charge in [0.15, 0.2) is 0 Å². The lowest BCUT2D eigenvalue weighted by Gasteiger charge is -2.26. The Kier molecular flexibility index (Phi) is 8.06. The van der Waals surface area contributed by atoms with Gasteiger partial charge in [-0.1, -0.05) is 20.8 Å². The minimum Gasteiger partial charge on any atom is -0.467 e. The summed E-state index contributed by atoms with van der Waals surface area (Å²) in [5.41, 5.74) is 0. The quantitative estimate of drug-likeness (QED) is 0.659. The van der Waals surface area contributed by atoms with Crippen molar-refractivity contribution in [2.75, 3.05) is 7.11 Å². The highest BCUT2D eigenvalue weighted by Gasteiger charge is 2.31. The molecule has 7 nitrogen and oxygen atoms in total. The van der Waals surface area contributed by atoms with Gasteiger partial charge in [0.05, 0.1) is 13.2 Å². The number of amides is 2. The van der Waals surface area contributed by atoms with E-state index in [4.69, 9.17) is 5.26 Å². The van der Waals surface area contributed by atoms with Crippen LogP contribution in [0.4, 0.5) is 0 Å². The third kappa shape index (κ3) is 6.25. The lowest BCUT2D eigenvalue weighted by Crippen LogP contribution is -2.55. The summed E-state index contributed by atoms with van der Waals surface area (Å²) in [6, 6.07) is 0.290. The Morgan fingerprint density at radius 3 is 2.10 bits per heavy atom. The second-order valence-corrected chi connectivity index (χ2v) is 5.27. The normalized spacial score (nSPS) is 14.5. The number of esters is 1. The molecule has 7 heteroatoms. The first-order valence-corrected chi connectivity index (χ1v) is 6.76. The molecule has 0 aliphatic heterocycles. The van der Waals surface area contributed by atoms with Gasteiger partial charge in [-0.2, -0.15) is 5.26 Å². The van der Waals surface area contributed by atoms with Gasteiger partial charge in [-0.05, 0) is 5.92 Å². The van der Waals surface area contributed by atoms with E-state index in [0.29, 0.717) is 0 Å². The molecule has 0 aromatic heterocycles. The minimum atomic E-state index is -0.919. The molecule has 0 saturated carbocycles. The molecule has 0 saturated heterocycles. The van der Waals surface area contributed by atoms with Gasteiger partial charge in [0, 0.05) is 19.3 Å². The van der Waals surface area contributed by atoms with Gasteiger partial charge in [-0.15, -0.1) is 0 Å². The van der Waals surface area contributed by atoms with Gasteiger partial charge in [0.1, 0.15) is 12.1 Å². The number of hydrogen-bond donors (Lipinski definition) is 2. The molecule has 0 heterocycles. The Labute approximate surface area is 125 Å². The second-order valence-electron chi connectivity index (χ2n) is 5.27. The summed E-state index contributed by atoms with van der Waals surface area (Å²) in [6.07, 6.45) is 0.104. The summed E-state index contributed by atoms with van der Waals surface area (Å²) in [6.45, 7) is 6.56. The van der Waals surface area contributed by atoms with Crippen molar-refractivity contribution in [2.45, 2.75) is 46.2 Å². The number of methoxy groups -OCH3 is 1. The van der Waals surface area contributed by atoms with E-state index in [9.17, 15) is 14.4 Å². The van der Waals surface area contributed by atoms with Crippen LogP contribution in [0.2, 0.25) is 0 Å². The van der Waals surface area contributed by atoms with Crippen LogP contribution in [0, 0.1) is 23.2 Å². The number of nitrogens with zero attached hydrogens (tertiary/aromatic N) is 1. The van der Waals surface area contributed by atoms with Crippen LogP contribution in [0.25, 0.3) is 0 Å². The van der Waals surface area contributed by atoms with Crippen molar-refractivity contribution in [3.05, 3.63) is 0 Å². The third-order valence-electron chi connectivity index (χ3n) is 3.04. The summed E-state index contributed by atoms with van der Waals surface area (Å²) in [5, 5.41) is 13.8. The zero-order valence-electron chi connectivity index (χ0n) is 13.1. The van der Waals surface area contributed by atoms with Crippen molar-refractivity contribution in [3.8, 4) is 6.07 Å². The molecule has 0 aromatic rings. The molecule has 0 bridgehead atoms. The molecule has 0 rings (SSSR count). The van der Waals surface area contributed by atoms with Crippen molar-refractivity contribution in [1.29, 1.82) is 5.26 Å². The Morgan fingerprint density at radius 2 is 1.71 bits per heavy atom. The Bertz CT molecular complexity index is 428. The van der Waals surface area contributed by atoms with E-state index in [0.717, 1.165) is 0 Å². The molecule has 0 fully saturated rings. The van der Waals surface area contributed by atoms with E-state index in [1.165, 1.54) is 14.0 Å². The van der Waals surface area contributed by atoms with Gasteiger partial charge in [-0.25, -0.2) is 4.79 Å². The molecule has 2 amide bonds. The molecule has 0 aromatic carbocycles. The lowest BCUT2D eigenvalue weighted by molar-refractivity contribution is -0.147. The minimum absolute atomic E-state index is 0.104. The SMILES string of the molecule is COC(=O)[C@H](NC(=O)[C@H](NC(C)=O)C(C)C)[C@@H](C)CC#N. The number of carbonyl (C=O) groups is 3. The van der Waals surface area contributed by atoms with Crippen LogP contribution in [0.15, 0.2) is 0 Å². The number of hydrogen-bond acceptors (Lipinski definition) is 5. The lowest BCUT2D eigenvalue weighted by atomic mass is 9.97. The molecule has 0 radical (unpaired) electrons. The van der Waals surface area contributed by atoms with Gasteiger partial charge in [0.25, 0.3) is 0 Å². The predicted molar refractivity (Wildman–Crippen MR) is 75.8 cm³/mol. The van der Waals surface area contributed by atoms with Gasteiger partial charge in [0.2, 0.25) is 11.8 Å². The fraction of sp³-hybridized carbons (Fsp3) is 0.714. The second kappa shape index (κ2) is 8.95. The van der Waals surface area contributed by atoms with E-state index >= 15 is 0 Å². The zero-order valence-corrected chi connectivity index (χ0v) is 13.1. The van der Waals surface area contributed by atoms with Gasteiger partial charge >= 0.3 is 5.97 Å². The summed E-state index contributed by atoms with van der Waals surface area (Å²) < 4.78 is 4.65. The van der Waals surface area contributed by atoms with Crippen molar-refractivity contribution >= 4 is 17.8 Å². The molecule has 0 unspecified atom stereocenters. The predicted octanol–water partition coefficient (Wildman–Crippen LogP) is 0.355. The standard InChI is InChI=1S/C14H23N3O4/c1-8(2)11(16-10(4)18)13(19)17-12(14(20)21-5)9(3)6-7-15/h8-9,11-12H,6H2,1-5H3,(H,16,18)(H,17,19)/t9-,11+,12+/m0/s1. The van der Waals surface area contributed by atoms with Gasteiger partial charge < -0.3 is 15.4 Å². The molecule has 0 spiro atoms. The van der Waals surface area contributed by atoms with Gasteiger partial charge in [-0.3, -0.25) is 9.59 Å². The van der Waals surface area contributed by atoms with Crippen molar-refractivity contribution < 1.29 is 19.1 Å². The average Bonchev–Trinajstić information content (AvgIpc) is 2.40. The van der Waals surface area contributed by atoms with Crippen molar-refractivity contribution in [1.82, 2.24) is 10.6 Å². The maximum Gasteiger partial charge on any atom is 0.328 e. The maximum absolute atomic E-state index is 12.2. The number of nitriles is 1. The van der Waals surface area contributed by atoms with E-state index < -0.39 is 29.9 Å². The average molecular weight is 297 g/mol. The Hall–Kier alpha value is -2.10. The number of ether oxygens (including phenoxy) is 1. The first-order chi connectivity index (χ1) is 9.74. The van der Waals surface area contributed by atoms with Crippen molar-refractivity contribution in [2.24, 2.45) is 11.8 Å². The van der Waals surface area contributed by atoms with E-state index in [-0.39, 0.29) is 18.2 Å². The van der Waals surface area contributed by atoms with Crippen LogP contribution in [0.1, 0.15) is 34.1 Å². The topological polar surface area (TPSA) is 108 Å². The zero-order chi connectivity index (χ0) is 16.6. The summed E-state index contributed by atoms with van der Waals surface area (Å²) in [7, 11) is 1.22. The molecule has 118 valence electrons. The summed E-state index contributed by atoms with van der Waals surface area (Å²) >= 11 is 0. The van der Waals surface area contributed by atoms with E-state index in [1.807, 2.05) is 6.07 Å². The molecular formula is C14H23N3O4. The summed E-state index contributed by atoms with van der Waals surface area (Å²) in [5.74, 6) is -1.95. The van der Waals surface area contributed by atoms with Crippen LogP contribution in [0.5, 0.6) is 0 Å². The molecule has 0 aliphatic rings. The molecular weight excluding hydrogens is 274 g/mol. The van der Waals surface area contributed by atoms with Crippen LogP contribution in [-0.2, 0) is 19.1 Å². The fourth-order valence-electron chi connectivity index (χ4n) is 1.82. The first-order valence-electron chi connectivity index (χ1n) is 6.76. The monoisotopic (exact) mass is 297 g/mol.